The predicted octanol–water partition coefficient (Wildman–Crippen LogP) is 2.59. The lowest BCUT2D eigenvalue weighted by Gasteiger charge is -2.31. The van der Waals surface area contributed by atoms with Gasteiger partial charge in [-0.1, -0.05) is 18.2 Å². The predicted molar refractivity (Wildman–Crippen MR) is 87.8 cm³/mol. The number of pyridine rings is 1. The fraction of sp³-hybridized carbons (Fsp3) is 0.389. The number of para-hydroxylation sites is 2. The number of hydrogen-bond donors (Lipinski definition) is 1. The third-order valence-corrected chi connectivity index (χ3v) is 3.71. The van der Waals surface area contributed by atoms with Gasteiger partial charge in [0, 0.05) is 31.0 Å². The van der Waals surface area contributed by atoms with E-state index in [4.69, 9.17) is 14.2 Å². The molecule has 0 aliphatic carbocycles. The second-order valence-electron chi connectivity index (χ2n) is 5.32. The summed E-state index contributed by atoms with van der Waals surface area (Å²) in [6, 6.07) is 11.6. The highest BCUT2D eigenvalue weighted by Gasteiger charge is 2.28. The molecule has 0 unspecified atom stereocenters. The van der Waals surface area contributed by atoms with Gasteiger partial charge in [-0.05, 0) is 25.1 Å². The summed E-state index contributed by atoms with van der Waals surface area (Å²) in [5.41, 5.74) is 0.993. The van der Waals surface area contributed by atoms with Gasteiger partial charge in [0.2, 0.25) is 0 Å². The van der Waals surface area contributed by atoms with Gasteiger partial charge in [0.25, 0.3) is 0 Å². The maximum Gasteiger partial charge on any atom is 0.162 e. The van der Waals surface area contributed by atoms with Crippen LogP contribution in [-0.4, -0.2) is 37.4 Å². The molecule has 2 heterocycles. The van der Waals surface area contributed by atoms with E-state index < -0.39 is 0 Å². The molecule has 0 bridgehead atoms. The molecule has 1 aromatic carbocycles. The van der Waals surface area contributed by atoms with Gasteiger partial charge in [-0.3, -0.25) is 4.98 Å². The van der Waals surface area contributed by atoms with Crippen molar-refractivity contribution in [2.24, 2.45) is 0 Å². The molecule has 122 valence electrons. The average Bonchev–Trinajstić information content (AvgIpc) is 2.63. The highest BCUT2D eigenvalue weighted by atomic mass is 16.6. The fourth-order valence-corrected chi connectivity index (χ4v) is 2.64. The van der Waals surface area contributed by atoms with E-state index in [0.717, 1.165) is 30.2 Å². The summed E-state index contributed by atoms with van der Waals surface area (Å²) < 4.78 is 17.9. The Morgan fingerprint density at radius 1 is 1.26 bits per heavy atom. The first-order valence-corrected chi connectivity index (χ1v) is 7.99. The zero-order valence-corrected chi connectivity index (χ0v) is 13.3. The minimum atomic E-state index is -0.238. The van der Waals surface area contributed by atoms with Crippen LogP contribution in [0.4, 0.5) is 0 Å². The van der Waals surface area contributed by atoms with Gasteiger partial charge < -0.3 is 19.5 Å². The molecule has 5 nitrogen and oxygen atoms in total. The van der Waals surface area contributed by atoms with Crippen molar-refractivity contribution in [1.82, 2.24) is 10.3 Å². The number of nitrogens with one attached hydrogen (secondary N) is 1. The Morgan fingerprint density at radius 2 is 2.13 bits per heavy atom. The highest BCUT2D eigenvalue weighted by molar-refractivity contribution is 5.40. The Balaban J connectivity index is 1.86. The van der Waals surface area contributed by atoms with Gasteiger partial charge in [0.1, 0.15) is 6.10 Å². The van der Waals surface area contributed by atoms with Crippen LogP contribution in [0.1, 0.15) is 18.6 Å². The first-order valence-electron chi connectivity index (χ1n) is 7.99. The molecule has 0 amide bonds. The maximum absolute atomic E-state index is 6.29. The summed E-state index contributed by atoms with van der Waals surface area (Å²) in [6.45, 7) is 4.85. The van der Waals surface area contributed by atoms with Gasteiger partial charge >= 0.3 is 0 Å². The van der Waals surface area contributed by atoms with Crippen LogP contribution in [-0.2, 0) is 4.74 Å². The Kier molecular flexibility index (Phi) is 5.45. The number of morpholine rings is 1. The van der Waals surface area contributed by atoms with Gasteiger partial charge in [-0.25, -0.2) is 0 Å². The van der Waals surface area contributed by atoms with Gasteiger partial charge in [-0.2, -0.15) is 0 Å². The summed E-state index contributed by atoms with van der Waals surface area (Å²) in [5.74, 6) is 1.46. The quantitative estimate of drug-likeness (QED) is 0.888. The molecule has 1 fully saturated rings. The Morgan fingerprint density at radius 3 is 2.83 bits per heavy atom. The fourth-order valence-electron chi connectivity index (χ4n) is 2.64. The van der Waals surface area contributed by atoms with Crippen molar-refractivity contribution in [1.29, 1.82) is 0 Å². The van der Waals surface area contributed by atoms with Gasteiger partial charge in [0.05, 0.1) is 13.2 Å². The van der Waals surface area contributed by atoms with Crippen LogP contribution in [0.15, 0.2) is 48.8 Å². The van der Waals surface area contributed by atoms with Gasteiger partial charge in [-0.15, -0.1) is 0 Å². The molecule has 2 atom stereocenters. The van der Waals surface area contributed by atoms with Crippen molar-refractivity contribution in [3.8, 4) is 11.5 Å². The molecule has 5 heteroatoms. The Hall–Kier alpha value is -2.11. The second-order valence-corrected chi connectivity index (χ2v) is 5.32. The molecule has 0 saturated carbocycles. The van der Waals surface area contributed by atoms with Crippen LogP contribution >= 0.6 is 0 Å². The molecule has 0 spiro atoms. The summed E-state index contributed by atoms with van der Waals surface area (Å²) >= 11 is 0. The zero-order chi connectivity index (χ0) is 15.9. The summed E-state index contributed by atoms with van der Waals surface area (Å²) in [4.78, 5) is 4.21. The van der Waals surface area contributed by atoms with Crippen LogP contribution < -0.4 is 14.8 Å². The Labute approximate surface area is 136 Å². The van der Waals surface area contributed by atoms with Crippen molar-refractivity contribution in [2.45, 2.75) is 19.1 Å². The molecule has 2 aromatic rings. The van der Waals surface area contributed by atoms with E-state index in [9.17, 15) is 0 Å². The second kappa shape index (κ2) is 7.94. The van der Waals surface area contributed by atoms with Crippen molar-refractivity contribution in [3.05, 3.63) is 54.4 Å². The normalized spacial score (nSPS) is 19.1. The number of rotatable bonds is 6. The maximum atomic E-state index is 6.29. The van der Waals surface area contributed by atoms with Crippen LogP contribution in [0.5, 0.6) is 11.5 Å². The third-order valence-electron chi connectivity index (χ3n) is 3.71. The van der Waals surface area contributed by atoms with Crippen LogP contribution in [0.2, 0.25) is 0 Å². The SMILES string of the molecule is CCOc1ccccc1O[C@H](c1cccnc1)[C@H]1CNCCO1. The van der Waals surface area contributed by atoms with Crippen LogP contribution in [0, 0.1) is 0 Å². The van der Waals surface area contributed by atoms with E-state index in [1.165, 1.54) is 0 Å². The lowest BCUT2D eigenvalue weighted by Crippen LogP contribution is -2.43. The molecule has 1 saturated heterocycles. The van der Waals surface area contributed by atoms with Gasteiger partial charge in [0.15, 0.2) is 17.6 Å². The van der Waals surface area contributed by atoms with Crippen molar-refractivity contribution in [3.63, 3.8) is 0 Å². The van der Waals surface area contributed by atoms with E-state index in [-0.39, 0.29) is 12.2 Å². The first-order chi connectivity index (χ1) is 11.4. The van der Waals surface area contributed by atoms with E-state index in [0.29, 0.717) is 13.2 Å². The molecule has 1 aliphatic heterocycles. The Bertz CT molecular complexity index is 600. The number of nitrogens with zero attached hydrogens (tertiary/aromatic N) is 1. The van der Waals surface area contributed by atoms with E-state index in [1.54, 1.807) is 6.20 Å². The summed E-state index contributed by atoms with van der Waals surface area (Å²) in [7, 11) is 0. The molecule has 0 radical (unpaired) electrons. The minimum Gasteiger partial charge on any atom is -0.490 e. The first kappa shape index (κ1) is 15.8. The topological polar surface area (TPSA) is 52.6 Å². The van der Waals surface area contributed by atoms with E-state index in [2.05, 4.69) is 10.3 Å². The van der Waals surface area contributed by atoms with Crippen LogP contribution in [0.3, 0.4) is 0 Å². The molecular weight excluding hydrogens is 292 g/mol. The minimum absolute atomic E-state index is 0.0670. The van der Waals surface area contributed by atoms with Crippen LogP contribution in [0.25, 0.3) is 0 Å². The summed E-state index contributed by atoms with van der Waals surface area (Å²) in [6.07, 6.45) is 3.28. The largest absolute Gasteiger partial charge is 0.490 e. The summed E-state index contributed by atoms with van der Waals surface area (Å²) in [5, 5.41) is 3.35. The average molecular weight is 314 g/mol. The standard InChI is InChI=1S/C18H22N2O3/c1-2-21-15-7-3-4-8-16(15)23-18(14-6-5-9-19-12-14)17-13-20-10-11-22-17/h3-9,12,17-18,20H,2,10-11,13H2,1H3/t17-,18-/m1/s1. The smallest absolute Gasteiger partial charge is 0.162 e. The highest BCUT2D eigenvalue weighted by Crippen LogP contribution is 2.33. The van der Waals surface area contributed by atoms with E-state index >= 15 is 0 Å². The lowest BCUT2D eigenvalue weighted by atomic mass is 10.1. The molecule has 1 N–H and O–H groups in total. The van der Waals surface area contributed by atoms with Crippen molar-refractivity contribution in [2.75, 3.05) is 26.3 Å². The monoisotopic (exact) mass is 314 g/mol. The molecule has 23 heavy (non-hydrogen) atoms. The molecular formula is C18H22N2O3. The zero-order valence-electron chi connectivity index (χ0n) is 13.3. The molecule has 1 aromatic heterocycles. The van der Waals surface area contributed by atoms with E-state index in [1.807, 2.05) is 49.5 Å². The lowest BCUT2D eigenvalue weighted by molar-refractivity contribution is -0.0440. The number of aromatic nitrogens is 1. The van der Waals surface area contributed by atoms with Crippen molar-refractivity contribution >= 4 is 0 Å². The molecule has 1 aliphatic rings. The molecule has 3 rings (SSSR count). The van der Waals surface area contributed by atoms with Crippen molar-refractivity contribution < 1.29 is 14.2 Å². The number of benzene rings is 1. The number of hydrogen-bond acceptors (Lipinski definition) is 5. The third kappa shape index (κ3) is 4.00. The number of ether oxygens (including phenoxy) is 3.